The zero-order valence-electron chi connectivity index (χ0n) is 14.8. The van der Waals surface area contributed by atoms with Crippen molar-refractivity contribution in [3.05, 3.63) is 0 Å². The van der Waals surface area contributed by atoms with Crippen LogP contribution in [0.2, 0.25) is 0 Å². The van der Waals surface area contributed by atoms with Crippen LogP contribution in [-0.2, 0) is 4.79 Å². The normalized spacial score (nSPS) is 28.3. The number of rotatable bonds is 6. The molecular formula is C18H35N3O. The van der Waals surface area contributed by atoms with Crippen LogP contribution in [0.15, 0.2) is 0 Å². The Hall–Kier alpha value is -0.610. The highest BCUT2D eigenvalue weighted by molar-refractivity contribution is 5.76. The topological polar surface area (TPSA) is 35.6 Å². The first-order valence-electron chi connectivity index (χ1n) is 9.23. The lowest BCUT2D eigenvalue weighted by Gasteiger charge is -2.34. The van der Waals surface area contributed by atoms with Crippen LogP contribution in [-0.4, -0.2) is 62.0 Å². The zero-order valence-corrected chi connectivity index (χ0v) is 14.8. The number of hydrogen-bond acceptors (Lipinski definition) is 3. The molecule has 0 radical (unpaired) electrons. The molecule has 4 heteroatoms. The van der Waals surface area contributed by atoms with Crippen LogP contribution in [0.25, 0.3) is 0 Å². The summed E-state index contributed by atoms with van der Waals surface area (Å²) in [5.41, 5.74) is 0. The maximum Gasteiger partial charge on any atom is 0.222 e. The van der Waals surface area contributed by atoms with Gasteiger partial charge in [-0.25, -0.2) is 0 Å². The molecule has 3 unspecified atom stereocenters. The fourth-order valence-electron chi connectivity index (χ4n) is 3.94. The Balaban J connectivity index is 1.69. The highest BCUT2D eigenvalue weighted by atomic mass is 16.2. The number of nitrogens with zero attached hydrogens (tertiary/aromatic N) is 2. The predicted octanol–water partition coefficient (Wildman–Crippen LogP) is 2.35. The number of nitrogens with one attached hydrogen (secondary N) is 1. The van der Waals surface area contributed by atoms with Gasteiger partial charge in [-0.3, -0.25) is 4.79 Å². The van der Waals surface area contributed by atoms with E-state index in [1.54, 1.807) is 0 Å². The van der Waals surface area contributed by atoms with Gasteiger partial charge < -0.3 is 15.1 Å². The number of carbonyl (C=O) groups excluding carboxylic acids is 1. The van der Waals surface area contributed by atoms with E-state index >= 15 is 0 Å². The molecule has 2 rings (SSSR count). The molecule has 2 heterocycles. The number of piperidine rings is 2. The van der Waals surface area contributed by atoms with Crippen molar-refractivity contribution in [3.63, 3.8) is 0 Å². The molecule has 0 aromatic carbocycles. The molecule has 1 amide bonds. The van der Waals surface area contributed by atoms with E-state index in [0.29, 0.717) is 30.2 Å². The largest absolute Gasteiger partial charge is 0.346 e. The minimum absolute atomic E-state index is 0.330. The van der Waals surface area contributed by atoms with Gasteiger partial charge in [-0.1, -0.05) is 13.3 Å². The van der Waals surface area contributed by atoms with Crippen LogP contribution in [0, 0.1) is 11.8 Å². The Kier molecular flexibility index (Phi) is 7.16. The summed E-state index contributed by atoms with van der Waals surface area (Å²) in [7, 11) is 4.21. The van der Waals surface area contributed by atoms with Crippen LogP contribution in [0.3, 0.4) is 0 Å². The van der Waals surface area contributed by atoms with Crippen LogP contribution >= 0.6 is 0 Å². The summed E-state index contributed by atoms with van der Waals surface area (Å²) in [6, 6.07) is 0.670. The summed E-state index contributed by atoms with van der Waals surface area (Å²) in [6.07, 6.45) is 8.34. The minimum Gasteiger partial charge on any atom is -0.346 e. The van der Waals surface area contributed by atoms with Gasteiger partial charge in [0.1, 0.15) is 0 Å². The van der Waals surface area contributed by atoms with E-state index in [9.17, 15) is 4.79 Å². The van der Waals surface area contributed by atoms with E-state index in [4.69, 9.17) is 0 Å². The van der Waals surface area contributed by atoms with E-state index in [1.165, 1.54) is 38.6 Å². The molecule has 3 atom stereocenters. The fraction of sp³-hybridized carbons (Fsp3) is 0.944. The first-order chi connectivity index (χ1) is 10.6. The standard InChI is InChI=1S/C18H35N3O/c1-15(16-7-6-10-19-14-16)13-18(22)21(3)12-9-17-8-4-5-11-20(17)2/h15-17,19H,4-14H2,1-3H3. The molecule has 0 aromatic heterocycles. The van der Waals surface area contributed by atoms with Gasteiger partial charge in [0.15, 0.2) is 0 Å². The monoisotopic (exact) mass is 309 g/mol. The molecule has 0 aliphatic carbocycles. The molecule has 0 saturated carbocycles. The molecule has 4 nitrogen and oxygen atoms in total. The third kappa shape index (κ3) is 5.24. The lowest BCUT2D eigenvalue weighted by atomic mass is 9.85. The molecule has 1 N–H and O–H groups in total. The Labute approximate surface area is 136 Å². The van der Waals surface area contributed by atoms with Crippen molar-refractivity contribution in [1.29, 1.82) is 0 Å². The SMILES string of the molecule is CC(CC(=O)N(C)CCC1CCCCN1C)C1CCCNC1. The van der Waals surface area contributed by atoms with Crippen molar-refractivity contribution in [1.82, 2.24) is 15.1 Å². The number of likely N-dealkylation sites (tertiary alicyclic amines) is 1. The lowest BCUT2D eigenvalue weighted by molar-refractivity contribution is -0.131. The smallest absolute Gasteiger partial charge is 0.222 e. The van der Waals surface area contributed by atoms with Gasteiger partial charge in [0.05, 0.1) is 0 Å². The van der Waals surface area contributed by atoms with Crippen molar-refractivity contribution in [3.8, 4) is 0 Å². The fourth-order valence-corrected chi connectivity index (χ4v) is 3.94. The van der Waals surface area contributed by atoms with Crippen molar-refractivity contribution in [2.75, 3.05) is 40.3 Å². The summed E-state index contributed by atoms with van der Waals surface area (Å²) in [4.78, 5) is 16.9. The second-order valence-corrected chi connectivity index (χ2v) is 7.52. The third-order valence-electron chi connectivity index (χ3n) is 5.78. The maximum atomic E-state index is 12.4. The highest BCUT2D eigenvalue weighted by Crippen LogP contribution is 2.23. The molecule has 2 saturated heterocycles. The molecule has 0 spiro atoms. The lowest BCUT2D eigenvalue weighted by Crippen LogP contribution is -2.40. The molecule has 0 bridgehead atoms. The van der Waals surface area contributed by atoms with Crippen molar-refractivity contribution >= 4 is 5.91 Å². The zero-order chi connectivity index (χ0) is 15.9. The van der Waals surface area contributed by atoms with Gasteiger partial charge in [-0.05, 0) is 70.6 Å². The predicted molar refractivity (Wildman–Crippen MR) is 91.9 cm³/mol. The van der Waals surface area contributed by atoms with Crippen LogP contribution in [0.5, 0.6) is 0 Å². The molecule has 0 aromatic rings. The Morgan fingerprint density at radius 1 is 1.32 bits per heavy atom. The molecule has 2 aliphatic rings. The first-order valence-corrected chi connectivity index (χ1v) is 9.23. The second-order valence-electron chi connectivity index (χ2n) is 7.52. The summed E-state index contributed by atoms with van der Waals surface area (Å²) in [5, 5.41) is 3.46. The highest BCUT2D eigenvalue weighted by Gasteiger charge is 2.24. The quantitative estimate of drug-likeness (QED) is 0.818. The average Bonchev–Trinajstić information content (AvgIpc) is 2.54. The first kappa shape index (κ1) is 17.7. The molecule has 128 valence electrons. The van der Waals surface area contributed by atoms with Crippen LogP contribution in [0.1, 0.15) is 51.9 Å². The van der Waals surface area contributed by atoms with Gasteiger partial charge in [0.25, 0.3) is 0 Å². The van der Waals surface area contributed by atoms with Crippen molar-refractivity contribution < 1.29 is 4.79 Å². The minimum atomic E-state index is 0.330. The Morgan fingerprint density at radius 3 is 2.82 bits per heavy atom. The summed E-state index contributed by atoms with van der Waals surface area (Å²) < 4.78 is 0. The van der Waals surface area contributed by atoms with Gasteiger partial charge in [-0.2, -0.15) is 0 Å². The van der Waals surface area contributed by atoms with Crippen LogP contribution < -0.4 is 5.32 Å². The van der Waals surface area contributed by atoms with Crippen molar-refractivity contribution in [2.24, 2.45) is 11.8 Å². The van der Waals surface area contributed by atoms with Gasteiger partial charge in [0.2, 0.25) is 5.91 Å². The van der Waals surface area contributed by atoms with Crippen LogP contribution in [0.4, 0.5) is 0 Å². The van der Waals surface area contributed by atoms with Gasteiger partial charge >= 0.3 is 0 Å². The number of amides is 1. The van der Waals surface area contributed by atoms with E-state index in [-0.39, 0.29) is 0 Å². The number of hydrogen-bond donors (Lipinski definition) is 1. The molecule has 22 heavy (non-hydrogen) atoms. The third-order valence-corrected chi connectivity index (χ3v) is 5.78. The molecule has 2 fully saturated rings. The molecule has 2 aliphatic heterocycles. The number of carbonyl (C=O) groups is 1. The Bertz CT molecular complexity index is 341. The van der Waals surface area contributed by atoms with E-state index in [0.717, 1.165) is 26.1 Å². The Morgan fingerprint density at radius 2 is 2.14 bits per heavy atom. The van der Waals surface area contributed by atoms with E-state index in [2.05, 4.69) is 24.2 Å². The summed E-state index contributed by atoms with van der Waals surface area (Å²) in [6.45, 7) is 6.60. The summed E-state index contributed by atoms with van der Waals surface area (Å²) >= 11 is 0. The molecular weight excluding hydrogens is 274 g/mol. The average molecular weight is 309 g/mol. The summed E-state index contributed by atoms with van der Waals surface area (Å²) in [5.74, 6) is 1.51. The van der Waals surface area contributed by atoms with Gasteiger partial charge in [-0.15, -0.1) is 0 Å². The van der Waals surface area contributed by atoms with Gasteiger partial charge in [0, 0.05) is 26.1 Å². The maximum absolute atomic E-state index is 12.4. The van der Waals surface area contributed by atoms with Crippen molar-refractivity contribution in [2.45, 2.75) is 57.9 Å². The van der Waals surface area contributed by atoms with E-state index in [1.807, 2.05) is 11.9 Å². The van der Waals surface area contributed by atoms with E-state index < -0.39 is 0 Å². The second kappa shape index (κ2) is 8.88.